The lowest BCUT2D eigenvalue weighted by Gasteiger charge is -2.68. The molecule has 0 spiro atoms. The van der Waals surface area contributed by atoms with Crippen LogP contribution in [-0.2, 0) is 25.4 Å². The van der Waals surface area contributed by atoms with Crippen molar-refractivity contribution in [1.29, 1.82) is 0 Å². The maximum Gasteiger partial charge on any atom is 0.311 e. The number of esters is 1. The molecule has 8 rings (SSSR count). The molecular formula is C28H33BrFN3O4. The summed E-state index contributed by atoms with van der Waals surface area (Å²) >= 11 is 3.57. The third kappa shape index (κ3) is 3.78. The van der Waals surface area contributed by atoms with Crippen LogP contribution < -0.4 is 4.90 Å². The lowest BCUT2D eigenvalue weighted by molar-refractivity contribution is -0.221. The van der Waals surface area contributed by atoms with Crippen molar-refractivity contribution in [3.05, 3.63) is 40.5 Å². The Hall–Kier alpha value is -2.29. The third-order valence-corrected chi connectivity index (χ3v) is 10.3. The second kappa shape index (κ2) is 8.10. The van der Waals surface area contributed by atoms with Crippen molar-refractivity contribution >= 4 is 33.5 Å². The number of nitrogens with zero attached hydrogens (tertiary/aromatic N) is 3. The number of amides is 1. The first-order valence-electron chi connectivity index (χ1n) is 13.1. The molecule has 1 aromatic carbocycles. The van der Waals surface area contributed by atoms with Crippen LogP contribution in [-0.4, -0.2) is 35.7 Å². The number of alkyl halides is 1. The molecule has 0 radical (unpaired) electrons. The maximum absolute atomic E-state index is 14.4. The van der Waals surface area contributed by atoms with Gasteiger partial charge in [0.05, 0.1) is 17.9 Å². The molecule has 37 heavy (non-hydrogen) atoms. The van der Waals surface area contributed by atoms with E-state index in [1.165, 1.54) is 21.0 Å². The van der Waals surface area contributed by atoms with E-state index in [0.717, 1.165) is 48.7 Å². The Morgan fingerprint density at radius 3 is 2.30 bits per heavy atom. The number of hydrogen-bond acceptors (Lipinski definition) is 6. The molecule has 6 aliphatic rings. The van der Waals surface area contributed by atoms with Crippen LogP contribution >= 0.6 is 15.9 Å². The van der Waals surface area contributed by atoms with Crippen LogP contribution in [0.2, 0.25) is 0 Å². The first-order valence-corrected chi connectivity index (χ1v) is 13.9. The highest BCUT2D eigenvalue weighted by Gasteiger charge is 2.76. The second-order valence-corrected chi connectivity index (χ2v) is 13.5. The third-order valence-electron chi connectivity index (χ3n) is 9.77. The van der Waals surface area contributed by atoms with E-state index in [9.17, 15) is 14.0 Å². The molecule has 0 saturated heterocycles. The quantitative estimate of drug-likeness (QED) is 0.377. The van der Waals surface area contributed by atoms with E-state index in [-0.39, 0.29) is 28.6 Å². The Morgan fingerprint density at radius 2 is 1.76 bits per heavy atom. The van der Waals surface area contributed by atoms with Gasteiger partial charge in [-0.1, -0.05) is 27.2 Å². The number of carbonyl (C=O) groups is 2. The number of methoxy groups -OCH3 is 1. The number of anilines is 1. The van der Waals surface area contributed by atoms with Gasteiger partial charge in [-0.15, -0.1) is 0 Å². The summed E-state index contributed by atoms with van der Waals surface area (Å²) in [6, 6.07) is 7.93. The van der Waals surface area contributed by atoms with E-state index < -0.39 is 16.5 Å². The van der Waals surface area contributed by atoms with Crippen LogP contribution in [0, 0.1) is 16.2 Å². The number of fused-ring (bicyclic) bond motifs is 3. The Bertz CT molecular complexity index is 1220. The number of benzene rings is 1. The monoisotopic (exact) mass is 573 g/mol. The second-order valence-electron chi connectivity index (χ2n) is 12.6. The van der Waals surface area contributed by atoms with Gasteiger partial charge in [0.2, 0.25) is 5.91 Å². The van der Waals surface area contributed by atoms with Gasteiger partial charge in [0, 0.05) is 22.1 Å². The van der Waals surface area contributed by atoms with E-state index in [0.29, 0.717) is 31.6 Å². The van der Waals surface area contributed by atoms with Crippen molar-refractivity contribution in [2.24, 2.45) is 16.2 Å². The zero-order valence-electron chi connectivity index (χ0n) is 21.6. The maximum atomic E-state index is 14.4. The molecule has 9 heteroatoms. The summed E-state index contributed by atoms with van der Waals surface area (Å²) < 4.78 is 25.6. The minimum atomic E-state index is -1.66. The standard InChI is InChI=1S/C28H33BrFN3O4/c1-24(2,30)21-31-20(32-37-21)26-10-7-25(8-11-26,9-12-26)17-33(19-6-4-5-18(29)13-19)22(34)27-14-28(15-27,16-27)23(35)36-3/h4-6,13H,7-12,14-17H2,1-3H3. The van der Waals surface area contributed by atoms with Crippen molar-refractivity contribution in [3.63, 3.8) is 0 Å². The molecule has 0 unspecified atom stereocenters. The molecular weight excluding hydrogens is 541 g/mol. The molecule has 4 bridgehead atoms. The van der Waals surface area contributed by atoms with Gasteiger partial charge in [0.1, 0.15) is 0 Å². The summed E-state index contributed by atoms with van der Waals surface area (Å²) in [4.78, 5) is 32.8. The number of carbonyl (C=O) groups excluding carboxylic acids is 2. The summed E-state index contributed by atoms with van der Waals surface area (Å²) in [7, 11) is 1.42. The highest BCUT2D eigenvalue weighted by Crippen LogP contribution is 2.74. The molecule has 6 fully saturated rings. The number of aromatic nitrogens is 2. The van der Waals surface area contributed by atoms with E-state index in [2.05, 4.69) is 26.1 Å². The lowest BCUT2D eigenvalue weighted by atomic mass is 9.34. The van der Waals surface area contributed by atoms with Crippen LogP contribution in [0.5, 0.6) is 0 Å². The Morgan fingerprint density at radius 1 is 1.11 bits per heavy atom. The van der Waals surface area contributed by atoms with E-state index >= 15 is 0 Å². The van der Waals surface area contributed by atoms with E-state index in [4.69, 9.17) is 9.26 Å². The molecule has 6 aliphatic carbocycles. The predicted octanol–water partition coefficient (Wildman–Crippen LogP) is 6.01. The normalized spacial score (nSPS) is 33.9. The van der Waals surface area contributed by atoms with Crippen molar-refractivity contribution in [1.82, 2.24) is 10.1 Å². The Balaban J connectivity index is 1.22. The predicted molar refractivity (Wildman–Crippen MR) is 137 cm³/mol. The van der Waals surface area contributed by atoms with Crippen molar-refractivity contribution < 1.29 is 23.2 Å². The number of halogens is 2. The molecule has 0 atom stereocenters. The summed E-state index contributed by atoms with van der Waals surface area (Å²) in [5.41, 5.74) is -1.86. The van der Waals surface area contributed by atoms with Crippen LogP contribution in [0.4, 0.5) is 10.1 Å². The van der Waals surface area contributed by atoms with Crippen LogP contribution in [0.3, 0.4) is 0 Å². The van der Waals surface area contributed by atoms with Crippen LogP contribution in [0.15, 0.2) is 33.3 Å². The van der Waals surface area contributed by atoms with Gasteiger partial charge in [-0.05, 0) is 95.2 Å². The van der Waals surface area contributed by atoms with Gasteiger partial charge in [0.15, 0.2) is 11.5 Å². The average Bonchev–Trinajstić information content (AvgIpc) is 3.34. The molecule has 0 N–H and O–H groups in total. The van der Waals surface area contributed by atoms with Crippen molar-refractivity contribution in [3.8, 4) is 0 Å². The highest BCUT2D eigenvalue weighted by atomic mass is 79.9. The summed E-state index contributed by atoms with van der Waals surface area (Å²) in [6.07, 6.45) is 7.29. The van der Waals surface area contributed by atoms with Gasteiger partial charge in [0.25, 0.3) is 5.89 Å². The minimum Gasteiger partial charge on any atom is -0.469 e. The molecule has 6 saturated carbocycles. The van der Waals surface area contributed by atoms with Crippen molar-refractivity contribution in [2.45, 2.75) is 82.7 Å². The average molecular weight is 574 g/mol. The first kappa shape index (κ1) is 25.0. The molecule has 0 aliphatic heterocycles. The van der Waals surface area contributed by atoms with Gasteiger partial charge in [-0.25, -0.2) is 4.39 Å². The number of rotatable bonds is 7. The fourth-order valence-electron chi connectivity index (χ4n) is 7.51. The van der Waals surface area contributed by atoms with E-state index in [1.54, 1.807) is 0 Å². The van der Waals surface area contributed by atoms with Gasteiger partial charge >= 0.3 is 5.97 Å². The summed E-state index contributed by atoms with van der Waals surface area (Å²) in [5, 5.41) is 4.19. The zero-order valence-corrected chi connectivity index (χ0v) is 23.2. The highest BCUT2D eigenvalue weighted by molar-refractivity contribution is 9.10. The van der Waals surface area contributed by atoms with Crippen LogP contribution in [0.1, 0.15) is 83.3 Å². The summed E-state index contributed by atoms with van der Waals surface area (Å²) in [5.74, 6) is 0.602. The van der Waals surface area contributed by atoms with Gasteiger partial charge < -0.3 is 14.2 Å². The molecule has 1 amide bonds. The Labute approximate surface area is 224 Å². The van der Waals surface area contributed by atoms with Gasteiger partial charge in [-0.2, -0.15) is 4.98 Å². The SMILES string of the molecule is COC(=O)C12CC(C(=O)N(CC34CCC(c5noc(C(C)(C)F)n5)(CC3)CC4)c3cccc(Br)c3)(C1)C2. The number of ether oxygens (including phenoxy) is 1. The summed E-state index contributed by atoms with van der Waals surface area (Å²) in [6.45, 7) is 3.52. The van der Waals surface area contributed by atoms with Gasteiger partial charge in [-0.3, -0.25) is 9.59 Å². The largest absolute Gasteiger partial charge is 0.469 e. The molecule has 198 valence electrons. The first-order chi connectivity index (χ1) is 17.4. The molecule has 7 nitrogen and oxygen atoms in total. The fraction of sp³-hybridized carbons (Fsp3) is 0.643. The molecule has 1 heterocycles. The zero-order chi connectivity index (χ0) is 26.3. The Kier molecular flexibility index (Phi) is 5.48. The molecule has 1 aromatic heterocycles. The van der Waals surface area contributed by atoms with E-state index in [1.807, 2.05) is 29.2 Å². The molecule has 2 aromatic rings. The minimum absolute atomic E-state index is 0.00915. The smallest absolute Gasteiger partial charge is 0.311 e. The fourth-order valence-corrected chi connectivity index (χ4v) is 7.90. The van der Waals surface area contributed by atoms with Crippen molar-refractivity contribution in [2.75, 3.05) is 18.6 Å². The topological polar surface area (TPSA) is 85.5 Å². The van der Waals surface area contributed by atoms with Crippen LogP contribution in [0.25, 0.3) is 0 Å². The lowest BCUT2D eigenvalue weighted by Crippen LogP contribution is -2.71. The number of hydrogen-bond donors (Lipinski definition) is 0.